The van der Waals surface area contributed by atoms with E-state index in [2.05, 4.69) is 12.2 Å². The topological polar surface area (TPSA) is 38.3 Å². The molecule has 0 aliphatic carbocycles. The Hall–Kier alpha value is -1.27. The molecule has 2 heterocycles. The summed E-state index contributed by atoms with van der Waals surface area (Å²) < 4.78 is 34.9. The highest BCUT2D eigenvalue weighted by Gasteiger charge is 2.09. The summed E-state index contributed by atoms with van der Waals surface area (Å²) in [6.45, 7) is 2.63. The number of rotatable bonds is 8. The largest absolute Gasteiger partial charge is 0.469 e. The smallest absolute Gasteiger partial charge is 0.284 e. The highest BCUT2D eigenvalue weighted by Crippen LogP contribution is 2.21. The first-order valence-corrected chi connectivity index (χ1v) is 7.41. The molecular weight excluding hydrogens is 284 g/mol. The van der Waals surface area contributed by atoms with Crippen molar-refractivity contribution in [3.05, 3.63) is 47.8 Å². The lowest BCUT2D eigenvalue weighted by molar-refractivity contribution is 0.251. The fourth-order valence-electron chi connectivity index (χ4n) is 1.82. The monoisotopic (exact) mass is 301 g/mol. The Balaban J connectivity index is 1.73. The summed E-state index contributed by atoms with van der Waals surface area (Å²) in [5.74, 6) is 0.0833. The molecule has 0 amide bonds. The molecule has 0 saturated carbocycles. The van der Waals surface area contributed by atoms with E-state index in [0.29, 0.717) is 24.1 Å². The minimum Gasteiger partial charge on any atom is -0.469 e. The molecule has 1 N–H and O–H groups in total. The van der Waals surface area contributed by atoms with E-state index in [1.807, 2.05) is 18.2 Å². The van der Waals surface area contributed by atoms with E-state index in [1.165, 1.54) is 0 Å². The zero-order chi connectivity index (χ0) is 14.4. The fourth-order valence-corrected chi connectivity index (χ4v) is 2.26. The molecule has 6 heteroatoms. The molecule has 110 valence electrons. The minimum atomic E-state index is -2.37. The van der Waals surface area contributed by atoms with Gasteiger partial charge in [0, 0.05) is 12.5 Å². The van der Waals surface area contributed by atoms with Crippen molar-refractivity contribution in [1.82, 2.24) is 5.32 Å². The molecule has 0 radical (unpaired) electrons. The number of hydrogen-bond donors (Lipinski definition) is 1. The second-order valence-corrected chi connectivity index (χ2v) is 5.48. The number of nitrogens with one attached hydrogen (secondary N) is 1. The lowest BCUT2D eigenvalue weighted by Gasteiger charge is -2.10. The number of hydrogen-bond acceptors (Lipinski definition) is 4. The number of alkyl halides is 2. The molecule has 0 aliphatic heterocycles. The van der Waals surface area contributed by atoms with Crippen LogP contribution < -0.4 is 5.32 Å². The molecule has 20 heavy (non-hydrogen) atoms. The van der Waals surface area contributed by atoms with Crippen LogP contribution in [0.25, 0.3) is 0 Å². The van der Waals surface area contributed by atoms with Crippen LogP contribution in [0.5, 0.6) is 0 Å². The molecule has 0 aliphatic rings. The second kappa shape index (κ2) is 7.50. The Kier molecular flexibility index (Phi) is 5.67. The summed E-state index contributed by atoms with van der Waals surface area (Å²) in [6.07, 6.45) is 2.45. The molecule has 1 unspecified atom stereocenters. The van der Waals surface area contributed by atoms with Gasteiger partial charge >= 0.3 is 0 Å². The zero-order valence-electron chi connectivity index (χ0n) is 11.1. The van der Waals surface area contributed by atoms with Crippen molar-refractivity contribution in [2.24, 2.45) is 0 Å². The molecule has 2 rings (SSSR count). The van der Waals surface area contributed by atoms with Crippen LogP contribution in [-0.2, 0) is 18.7 Å². The van der Waals surface area contributed by atoms with Gasteiger partial charge in [0.25, 0.3) is 5.76 Å². The normalized spacial score (nSPS) is 13.0. The third kappa shape index (κ3) is 5.02. The van der Waals surface area contributed by atoms with Crippen molar-refractivity contribution in [1.29, 1.82) is 0 Å². The van der Waals surface area contributed by atoms with Crippen LogP contribution in [0, 0.1) is 0 Å². The van der Waals surface area contributed by atoms with Gasteiger partial charge in [-0.25, -0.2) is 0 Å². The standard InChI is InChI=1S/C14H17F2NO2S/c1-10(7-11-3-2-6-18-11)17-8-12-4-5-13(19-12)9-20-14(15)16/h2-6,10,14,17H,7-9H2,1H3. The summed E-state index contributed by atoms with van der Waals surface area (Å²) in [5.41, 5.74) is 0. The number of thioether (sulfide) groups is 1. The average molecular weight is 301 g/mol. The fraction of sp³-hybridized carbons (Fsp3) is 0.429. The lowest BCUT2D eigenvalue weighted by atomic mass is 10.2. The van der Waals surface area contributed by atoms with Crippen molar-refractivity contribution >= 4 is 11.8 Å². The van der Waals surface area contributed by atoms with Crippen molar-refractivity contribution < 1.29 is 17.6 Å². The number of halogens is 2. The molecule has 2 aromatic rings. The highest BCUT2D eigenvalue weighted by molar-refractivity contribution is 7.98. The molecule has 0 bridgehead atoms. The van der Waals surface area contributed by atoms with Gasteiger partial charge in [-0.05, 0) is 31.2 Å². The molecule has 0 saturated heterocycles. The maximum absolute atomic E-state index is 12.1. The maximum atomic E-state index is 12.1. The Morgan fingerprint density at radius 3 is 2.70 bits per heavy atom. The Labute approximate surface area is 120 Å². The quantitative estimate of drug-likeness (QED) is 0.798. The van der Waals surface area contributed by atoms with Crippen LogP contribution >= 0.6 is 11.8 Å². The molecule has 0 spiro atoms. The van der Waals surface area contributed by atoms with Crippen molar-refractivity contribution in [2.75, 3.05) is 0 Å². The van der Waals surface area contributed by atoms with Gasteiger partial charge in [-0.2, -0.15) is 8.78 Å². The minimum absolute atomic E-state index is 0.194. The highest BCUT2D eigenvalue weighted by atomic mass is 32.2. The Bertz CT molecular complexity index is 499. The van der Waals surface area contributed by atoms with Gasteiger partial charge in [0.1, 0.15) is 17.3 Å². The molecule has 1 atom stereocenters. The first-order chi connectivity index (χ1) is 9.63. The lowest BCUT2D eigenvalue weighted by Crippen LogP contribution is -2.27. The van der Waals surface area contributed by atoms with Crippen LogP contribution in [0.3, 0.4) is 0 Å². The summed E-state index contributed by atoms with van der Waals surface area (Å²) in [7, 11) is 0. The molecule has 3 nitrogen and oxygen atoms in total. The van der Waals surface area contributed by atoms with Crippen molar-refractivity contribution in [2.45, 2.75) is 37.4 Å². The maximum Gasteiger partial charge on any atom is 0.284 e. The summed E-state index contributed by atoms with van der Waals surface area (Å²) >= 11 is 0.565. The summed E-state index contributed by atoms with van der Waals surface area (Å²) in [6, 6.07) is 7.59. The summed E-state index contributed by atoms with van der Waals surface area (Å²) in [5, 5.41) is 3.31. The van der Waals surface area contributed by atoms with E-state index in [1.54, 1.807) is 12.3 Å². The van der Waals surface area contributed by atoms with E-state index < -0.39 is 5.76 Å². The van der Waals surface area contributed by atoms with Gasteiger partial charge in [-0.15, -0.1) is 0 Å². The van der Waals surface area contributed by atoms with E-state index in [4.69, 9.17) is 8.83 Å². The zero-order valence-corrected chi connectivity index (χ0v) is 12.0. The van der Waals surface area contributed by atoms with Crippen LogP contribution in [0.2, 0.25) is 0 Å². The van der Waals surface area contributed by atoms with Gasteiger partial charge in [0.05, 0.1) is 18.6 Å². The van der Waals surface area contributed by atoms with Gasteiger partial charge in [0.15, 0.2) is 0 Å². The average Bonchev–Trinajstić information content (AvgIpc) is 3.05. The molecule has 0 aromatic carbocycles. The van der Waals surface area contributed by atoms with Crippen molar-refractivity contribution in [3.63, 3.8) is 0 Å². The molecular formula is C14H17F2NO2S. The SMILES string of the molecule is CC(Cc1ccco1)NCc1ccc(CSC(F)F)o1. The van der Waals surface area contributed by atoms with Gasteiger partial charge in [-0.3, -0.25) is 0 Å². The van der Waals surface area contributed by atoms with Crippen LogP contribution in [0.15, 0.2) is 39.4 Å². The Morgan fingerprint density at radius 2 is 2.00 bits per heavy atom. The predicted octanol–water partition coefficient (Wildman–Crippen LogP) is 4.05. The van der Waals surface area contributed by atoms with Gasteiger partial charge in [0.2, 0.25) is 0 Å². The first-order valence-electron chi connectivity index (χ1n) is 6.36. The van der Waals surface area contributed by atoms with Crippen LogP contribution in [0.4, 0.5) is 8.78 Å². The van der Waals surface area contributed by atoms with Crippen LogP contribution in [-0.4, -0.2) is 11.8 Å². The van der Waals surface area contributed by atoms with Crippen molar-refractivity contribution in [3.8, 4) is 0 Å². The first kappa shape index (κ1) is 15.1. The third-order valence-electron chi connectivity index (χ3n) is 2.78. The second-order valence-electron chi connectivity index (χ2n) is 4.51. The third-order valence-corrected chi connectivity index (χ3v) is 3.48. The van der Waals surface area contributed by atoms with Crippen LogP contribution in [0.1, 0.15) is 24.2 Å². The van der Waals surface area contributed by atoms with E-state index in [0.717, 1.165) is 17.9 Å². The van der Waals surface area contributed by atoms with E-state index >= 15 is 0 Å². The molecule has 2 aromatic heterocycles. The Morgan fingerprint density at radius 1 is 1.20 bits per heavy atom. The molecule has 0 fully saturated rings. The van der Waals surface area contributed by atoms with Gasteiger partial charge < -0.3 is 14.2 Å². The van der Waals surface area contributed by atoms with Gasteiger partial charge in [-0.1, -0.05) is 11.8 Å². The number of furan rings is 2. The van der Waals surface area contributed by atoms with E-state index in [-0.39, 0.29) is 11.8 Å². The van der Waals surface area contributed by atoms with E-state index in [9.17, 15) is 8.78 Å². The predicted molar refractivity (Wildman–Crippen MR) is 74.7 cm³/mol. The summed E-state index contributed by atoms with van der Waals surface area (Å²) in [4.78, 5) is 0.